The normalized spacial score (nSPS) is 18.1. The fraction of sp³-hybridized carbons (Fsp3) is 0.209. The van der Waals surface area contributed by atoms with Crippen molar-refractivity contribution in [3.63, 3.8) is 0 Å². The number of oxime groups is 1. The number of nitro groups is 1. The summed E-state index contributed by atoms with van der Waals surface area (Å²) in [6, 6.07) is 33.7. The Hall–Kier alpha value is -6.85. The van der Waals surface area contributed by atoms with Gasteiger partial charge in [0.25, 0.3) is 17.5 Å². The molecule has 2 amide bonds. The first-order chi connectivity index (χ1) is 28.8. The molecule has 0 saturated carbocycles. The number of hydrazone groups is 1. The number of allylic oxidation sites excluding steroid dienone is 1. The van der Waals surface area contributed by atoms with Gasteiger partial charge in [-0.05, 0) is 34.2 Å². The van der Waals surface area contributed by atoms with E-state index in [1.807, 2.05) is 112 Å². The summed E-state index contributed by atoms with van der Waals surface area (Å²) in [5, 5.41) is 37.9. The summed E-state index contributed by atoms with van der Waals surface area (Å²) in [4.78, 5) is 62.7. The lowest BCUT2D eigenvalue weighted by molar-refractivity contribution is -0.384. The van der Waals surface area contributed by atoms with Gasteiger partial charge in [-0.1, -0.05) is 117 Å². The standard InChI is InChI=1S/C43H40N8O7S2/c1-42(2,3)37-36-34(39(53)50(36)35(40(54)55)32(60-37)24-44-48-29-20-22-30(23-21-29)51(56)57)46-38(52)33(49-58-4)31-25-59-41(45-31)47-43(26-14-8-5-9-15-26,27-16-10-6-11-17-27)28-18-12-7-13-19-28/h5-25,34,36-37,48H,1-4H3,(H,45,47)(H,46,52)(H,54,55). The van der Waals surface area contributed by atoms with Crippen molar-refractivity contribution in [3.8, 4) is 0 Å². The SMILES string of the molecule is CON=C(C(=O)NC1C(=O)N2C(C(=O)O)=C(C=NNc3ccc([N+](=O)[O-])cc3)SC(C(C)(C)C)C12)c1csc(NC(c2ccccc2)(c2ccccc2)c2ccccc2)n1. The summed E-state index contributed by atoms with van der Waals surface area (Å²) >= 11 is 2.50. The molecule has 60 heavy (non-hydrogen) atoms. The number of nitrogens with one attached hydrogen (secondary N) is 3. The van der Waals surface area contributed by atoms with E-state index in [0.29, 0.717) is 10.8 Å². The van der Waals surface area contributed by atoms with Gasteiger partial charge in [0.2, 0.25) is 0 Å². The first kappa shape index (κ1) is 41.3. The molecule has 0 spiro atoms. The number of thiazole rings is 1. The number of nitrogens with zero attached hydrogens (tertiary/aromatic N) is 5. The van der Waals surface area contributed by atoms with Crippen LogP contribution in [0.15, 0.2) is 142 Å². The van der Waals surface area contributed by atoms with E-state index in [9.17, 15) is 29.6 Å². The molecule has 3 atom stereocenters. The molecule has 1 fully saturated rings. The van der Waals surface area contributed by atoms with Gasteiger partial charge in [0, 0.05) is 22.8 Å². The molecule has 306 valence electrons. The maximum Gasteiger partial charge on any atom is 0.353 e. The molecule has 0 bridgehead atoms. The predicted octanol–water partition coefficient (Wildman–Crippen LogP) is 7.06. The van der Waals surface area contributed by atoms with Crippen molar-refractivity contribution in [3.05, 3.63) is 164 Å². The average molecular weight is 845 g/mol. The van der Waals surface area contributed by atoms with Crippen LogP contribution in [-0.4, -0.2) is 74.1 Å². The van der Waals surface area contributed by atoms with Gasteiger partial charge < -0.3 is 20.6 Å². The number of rotatable bonds is 14. The predicted molar refractivity (Wildman–Crippen MR) is 232 cm³/mol. The molecule has 0 radical (unpaired) electrons. The number of anilines is 2. The number of hydrogen-bond donors (Lipinski definition) is 4. The Morgan fingerprint density at radius 2 is 1.48 bits per heavy atom. The van der Waals surface area contributed by atoms with Crippen molar-refractivity contribution in [2.75, 3.05) is 17.9 Å². The van der Waals surface area contributed by atoms with Gasteiger partial charge in [0.05, 0.1) is 27.8 Å². The monoisotopic (exact) mass is 844 g/mol. The number of carboxylic acid groups (broad SMARTS) is 1. The molecule has 0 aliphatic carbocycles. The van der Waals surface area contributed by atoms with Crippen LogP contribution in [0.2, 0.25) is 0 Å². The van der Waals surface area contributed by atoms with Crippen molar-refractivity contribution >= 4 is 69.3 Å². The Balaban J connectivity index is 1.16. The molecule has 1 aromatic heterocycles. The number of aliphatic carboxylic acids is 1. The number of carboxylic acids is 1. The van der Waals surface area contributed by atoms with Crippen LogP contribution in [0.4, 0.5) is 16.5 Å². The number of carbonyl (C=O) groups excluding carboxylic acids is 2. The van der Waals surface area contributed by atoms with Crippen molar-refractivity contribution in [2.24, 2.45) is 15.7 Å². The Kier molecular flexibility index (Phi) is 11.8. The highest BCUT2D eigenvalue weighted by Crippen LogP contribution is 2.49. The minimum absolute atomic E-state index is 0.0956. The smallest absolute Gasteiger partial charge is 0.353 e. The zero-order valence-electron chi connectivity index (χ0n) is 32.8. The number of carbonyl (C=O) groups is 3. The summed E-state index contributed by atoms with van der Waals surface area (Å²) in [6.45, 7) is 5.88. The summed E-state index contributed by atoms with van der Waals surface area (Å²) < 4.78 is 0. The third kappa shape index (κ3) is 8.08. The molecule has 1 saturated heterocycles. The minimum atomic E-state index is -1.35. The number of benzene rings is 4. The topological polar surface area (TPSA) is 201 Å². The van der Waals surface area contributed by atoms with Crippen LogP contribution in [0, 0.1) is 15.5 Å². The van der Waals surface area contributed by atoms with Crippen LogP contribution in [0.25, 0.3) is 0 Å². The number of non-ortho nitro benzene ring substituents is 1. The Bertz CT molecular complexity index is 2390. The zero-order chi connectivity index (χ0) is 42.6. The number of amides is 2. The molecule has 2 aliphatic heterocycles. The van der Waals surface area contributed by atoms with Gasteiger partial charge in [-0.15, -0.1) is 23.1 Å². The second-order valence-corrected chi connectivity index (χ2v) is 16.9. The molecule has 15 nitrogen and oxygen atoms in total. The van der Waals surface area contributed by atoms with Gasteiger partial charge in [-0.25, -0.2) is 9.78 Å². The highest BCUT2D eigenvalue weighted by molar-refractivity contribution is 8.04. The highest BCUT2D eigenvalue weighted by atomic mass is 32.2. The van der Waals surface area contributed by atoms with Crippen LogP contribution in [0.3, 0.4) is 0 Å². The summed E-state index contributed by atoms with van der Waals surface area (Å²) in [5.41, 5.74) is 4.33. The summed E-state index contributed by atoms with van der Waals surface area (Å²) in [7, 11) is 1.30. The van der Waals surface area contributed by atoms with E-state index in [1.54, 1.807) is 5.38 Å². The molecule has 3 unspecified atom stereocenters. The zero-order valence-corrected chi connectivity index (χ0v) is 34.4. The van der Waals surface area contributed by atoms with Gasteiger partial charge in [-0.3, -0.25) is 30.0 Å². The van der Waals surface area contributed by atoms with Crippen LogP contribution >= 0.6 is 23.1 Å². The molecule has 17 heteroatoms. The molecular formula is C43H40N8O7S2. The lowest BCUT2D eigenvalue weighted by atomic mass is 9.77. The molecule has 2 aliphatic rings. The van der Waals surface area contributed by atoms with Crippen LogP contribution in [0.5, 0.6) is 0 Å². The second-order valence-electron chi connectivity index (χ2n) is 14.9. The van der Waals surface area contributed by atoms with Gasteiger partial charge >= 0.3 is 5.97 Å². The number of hydrogen-bond acceptors (Lipinski definition) is 13. The lowest BCUT2D eigenvalue weighted by Crippen LogP contribution is -2.76. The van der Waals surface area contributed by atoms with Crippen molar-refractivity contribution < 1.29 is 29.3 Å². The number of nitro benzene ring substituents is 1. The summed E-state index contributed by atoms with van der Waals surface area (Å²) in [6.07, 6.45) is 1.31. The van der Waals surface area contributed by atoms with Crippen LogP contribution in [0.1, 0.15) is 43.2 Å². The minimum Gasteiger partial charge on any atom is -0.477 e. The Morgan fingerprint density at radius 1 is 0.917 bits per heavy atom. The third-order valence-corrected chi connectivity index (χ3v) is 12.6. The number of β-lactam (4-membered cyclic amide) rings is 1. The average Bonchev–Trinajstić information content (AvgIpc) is 3.71. The van der Waals surface area contributed by atoms with Crippen LogP contribution < -0.4 is 16.1 Å². The van der Waals surface area contributed by atoms with Gasteiger partial charge in [-0.2, -0.15) is 5.10 Å². The van der Waals surface area contributed by atoms with E-state index in [0.717, 1.165) is 16.7 Å². The maximum atomic E-state index is 14.1. The molecule has 3 heterocycles. The molecule has 4 N–H and O–H groups in total. The highest BCUT2D eigenvalue weighted by Gasteiger charge is 2.60. The Labute approximate surface area is 353 Å². The number of aromatic nitrogens is 1. The largest absolute Gasteiger partial charge is 0.477 e. The maximum absolute atomic E-state index is 14.1. The van der Waals surface area contributed by atoms with Gasteiger partial charge in [0.1, 0.15) is 30.1 Å². The van der Waals surface area contributed by atoms with Crippen molar-refractivity contribution in [1.82, 2.24) is 15.2 Å². The Morgan fingerprint density at radius 3 is 1.98 bits per heavy atom. The molecule has 5 aromatic rings. The summed E-state index contributed by atoms with van der Waals surface area (Å²) in [5.74, 6) is -2.70. The fourth-order valence-corrected chi connectivity index (χ4v) is 9.51. The van der Waals surface area contributed by atoms with E-state index in [-0.39, 0.29) is 27.7 Å². The lowest BCUT2D eigenvalue weighted by Gasteiger charge is -2.55. The molecular weight excluding hydrogens is 805 g/mol. The van der Waals surface area contributed by atoms with E-state index in [4.69, 9.17) is 9.82 Å². The van der Waals surface area contributed by atoms with E-state index in [1.165, 1.54) is 65.6 Å². The van der Waals surface area contributed by atoms with E-state index in [2.05, 4.69) is 26.3 Å². The fourth-order valence-electron chi connectivity index (χ4n) is 7.31. The first-order valence-electron chi connectivity index (χ1n) is 18.7. The van der Waals surface area contributed by atoms with Crippen molar-refractivity contribution in [1.29, 1.82) is 0 Å². The first-order valence-corrected chi connectivity index (χ1v) is 20.4. The third-order valence-electron chi connectivity index (χ3n) is 10.0. The quantitative estimate of drug-likeness (QED) is 0.0293. The van der Waals surface area contributed by atoms with Crippen molar-refractivity contribution in [2.45, 2.75) is 43.6 Å². The second kappa shape index (κ2) is 17.2. The van der Waals surface area contributed by atoms with Gasteiger partial charge in [0.15, 0.2) is 10.8 Å². The molecule has 4 aromatic carbocycles. The molecule has 7 rings (SSSR count). The number of fused-ring (bicyclic) bond motifs is 1. The van der Waals surface area contributed by atoms with E-state index < -0.39 is 51.0 Å². The van der Waals surface area contributed by atoms with Crippen LogP contribution in [-0.2, 0) is 24.8 Å². The number of thioether (sulfide) groups is 1. The van der Waals surface area contributed by atoms with E-state index >= 15 is 0 Å².